The second-order valence-electron chi connectivity index (χ2n) is 8.68. The van der Waals surface area contributed by atoms with Crippen molar-refractivity contribution in [1.82, 2.24) is 9.47 Å². The van der Waals surface area contributed by atoms with Gasteiger partial charge in [-0.05, 0) is 67.6 Å². The van der Waals surface area contributed by atoms with Gasteiger partial charge in [0.25, 0.3) is 5.56 Å². The average Bonchev–Trinajstić information content (AvgIpc) is 3.35. The molecule has 1 aromatic heterocycles. The minimum atomic E-state index is 0.143. The number of likely N-dealkylation sites (tertiary alicyclic amines) is 1. The summed E-state index contributed by atoms with van der Waals surface area (Å²) >= 11 is 0. The number of hydrogen-bond donors (Lipinski definition) is 0. The SMILES string of the molecule is CCCCc1ccc(CN2CCCC2)c(=O)n1Cc1ccc(-c2ccccc2C#N)cc1. The zero-order valence-electron chi connectivity index (χ0n) is 18.9. The fraction of sp³-hybridized carbons (Fsp3) is 0.357. The Kier molecular flexibility index (Phi) is 7.19. The summed E-state index contributed by atoms with van der Waals surface area (Å²) in [6, 6.07) is 22.4. The third-order valence-corrected chi connectivity index (χ3v) is 6.38. The average molecular weight is 426 g/mol. The molecule has 0 atom stereocenters. The minimum Gasteiger partial charge on any atom is -0.308 e. The molecule has 0 bridgehead atoms. The van der Waals surface area contributed by atoms with E-state index >= 15 is 0 Å². The van der Waals surface area contributed by atoms with Crippen molar-refractivity contribution in [2.75, 3.05) is 13.1 Å². The lowest BCUT2D eigenvalue weighted by molar-refractivity contribution is 0.329. The topological polar surface area (TPSA) is 49.0 Å². The molecular weight excluding hydrogens is 394 g/mol. The van der Waals surface area contributed by atoms with Gasteiger partial charge in [0.1, 0.15) is 0 Å². The molecule has 0 spiro atoms. The Balaban J connectivity index is 1.61. The highest BCUT2D eigenvalue weighted by atomic mass is 16.1. The third-order valence-electron chi connectivity index (χ3n) is 6.38. The molecule has 164 valence electrons. The second-order valence-corrected chi connectivity index (χ2v) is 8.68. The lowest BCUT2D eigenvalue weighted by Gasteiger charge is -2.18. The first-order chi connectivity index (χ1) is 15.7. The highest BCUT2D eigenvalue weighted by Crippen LogP contribution is 2.24. The third kappa shape index (κ3) is 5.00. The zero-order valence-corrected chi connectivity index (χ0v) is 18.9. The van der Waals surface area contributed by atoms with Crippen LogP contribution < -0.4 is 5.56 Å². The largest absolute Gasteiger partial charge is 0.308 e. The van der Waals surface area contributed by atoms with Gasteiger partial charge in [-0.15, -0.1) is 0 Å². The number of hydrogen-bond acceptors (Lipinski definition) is 3. The molecule has 4 nitrogen and oxygen atoms in total. The first kappa shape index (κ1) is 22.0. The molecule has 0 unspecified atom stereocenters. The summed E-state index contributed by atoms with van der Waals surface area (Å²) in [5, 5.41) is 9.40. The molecular formula is C28H31N3O. The van der Waals surface area contributed by atoms with Crippen LogP contribution in [-0.4, -0.2) is 22.6 Å². The van der Waals surface area contributed by atoms with Gasteiger partial charge in [0.15, 0.2) is 0 Å². The summed E-state index contributed by atoms with van der Waals surface area (Å²) in [7, 11) is 0. The van der Waals surface area contributed by atoms with E-state index in [1.54, 1.807) is 0 Å². The zero-order chi connectivity index (χ0) is 22.3. The number of nitrogens with zero attached hydrogens (tertiary/aromatic N) is 3. The maximum atomic E-state index is 13.4. The van der Waals surface area contributed by atoms with Crippen molar-refractivity contribution in [2.24, 2.45) is 0 Å². The van der Waals surface area contributed by atoms with Crippen LogP contribution >= 0.6 is 0 Å². The van der Waals surface area contributed by atoms with Crippen LogP contribution in [0.15, 0.2) is 65.5 Å². The summed E-state index contributed by atoms with van der Waals surface area (Å²) in [6.45, 7) is 5.68. The van der Waals surface area contributed by atoms with Gasteiger partial charge in [0, 0.05) is 17.8 Å². The Morgan fingerprint density at radius 2 is 1.69 bits per heavy atom. The molecule has 32 heavy (non-hydrogen) atoms. The van der Waals surface area contributed by atoms with E-state index in [4.69, 9.17) is 0 Å². The van der Waals surface area contributed by atoms with E-state index < -0.39 is 0 Å². The molecule has 1 aliphatic rings. The number of aromatic nitrogens is 1. The molecule has 4 heteroatoms. The summed E-state index contributed by atoms with van der Waals surface area (Å²) < 4.78 is 1.97. The Bertz CT molecular complexity index is 1150. The molecule has 2 heterocycles. The van der Waals surface area contributed by atoms with Crippen LogP contribution in [-0.2, 0) is 19.5 Å². The van der Waals surface area contributed by atoms with E-state index in [0.717, 1.165) is 66.8 Å². The Morgan fingerprint density at radius 3 is 2.41 bits per heavy atom. The molecule has 3 aromatic rings. The smallest absolute Gasteiger partial charge is 0.255 e. The molecule has 0 amide bonds. The van der Waals surface area contributed by atoms with E-state index in [1.807, 2.05) is 34.9 Å². The normalized spacial score (nSPS) is 13.9. The van der Waals surface area contributed by atoms with E-state index in [-0.39, 0.29) is 5.56 Å². The van der Waals surface area contributed by atoms with Crippen LogP contribution in [0.1, 0.15) is 55.0 Å². The van der Waals surface area contributed by atoms with Gasteiger partial charge in [0.05, 0.1) is 18.2 Å². The lowest BCUT2D eigenvalue weighted by Crippen LogP contribution is -2.30. The van der Waals surface area contributed by atoms with Gasteiger partial charge in [-0.3, -0.25) is 9.69 Å². The van der Waals surface area contributed by atoms with Gasteiger partial charge < -0.3 is 4.57 Å². The van der Waals surface area contributed by atoms with E-state index in [0.29, 0.717) is 12.1 Å². The summed E-state index contributed by atoms with van der Waals surface area (Å²) in [6.07, 6.45) is 5.56. The molecule has 0 N–H and O–H groups in total. The predicted molar refractivity (Wildman–Crippen MR) is 130 cm³/mol. The monoisotopic (exact) mass is 425 g/mol. The molecule has 1 fully saturated rings. The van der Waals surface area contributed by atoms with Gasteiger partial charge in [0.2, 0.25) is 0 Å². The lowest BCUT2D eigenvalue weighted by atomic mass is 9.99. The number of aryl methyl sites for hydroxylation is 1. The highest BCUT2D eigenvalue weighted by molar-refractivity contribution is 5.70. The molecule has 1 aliphatic heterocycles. The standard InChI is InChI=1S/C28H31N3O/c1-2-3-9-26-16-15-25(21-30-17-6-7-18-30)28(32)31(26)20-22-11-13-23(14-12-22)27-10-5-4-8-24(27)19-29/h4-5,8,10-16H,2-3,6-7,9,17-18,20-21H2,1H3. The number of pyridine rings is 1. The van der Waals surface area contributed by atoms with Gasteiger partial charge in [-0.1, -0.05) is 61.9 Å². The van der Waals surface area contributed by atoms with Crippen molar-refractivity contribution in [2.45, 2.75) is 52.1 Å². The Morgan fingerprint density at radius 1 is 0.938 bits per heavy atom. The molecule has 0 saturated carbocycles. The van der Waals surface area contributed by atoms with Crippen molar-refractivity contribution < 1.29 is 0 Å². The molecule has 1 saturated heterocycles. The van der Waals surface area contributed by atoms with Crippen LogP contribution in [0.5, 0.6) is 0 Å². The highest BCUT2D eigenvalue weighted by Gasteiger charge is 2.16. The van der Waals surface area contributed by atoms with Crippen LogP contribution in [0.25, 0.3) is 11.1 Å². The molecule has 0 aliphatic carbocycles. The van der Waals surface area contributed by atoms with Crippen molar-refractivity contribution in [1.29, 1.82) is 5.26 Å². The predicted octanol–water partition coefficient (Wildman–Crippen LogP) is 5.37. The van der Waals surface area contributed by atoms with E-state index in [9.17, 15) is 10.1 Å². The van der Waals surface area contributed by atoms with E-state index in [1.165, 1.54) is 12.8 Å². The fourth-order valence-corrected chi connectivity index (χ4v) is 4.52. The first-order valence-corrected chi connectivity index (χ1v) is 11.7. The molecule has 0 radical (unpaired) electrons. The van der Waals surface area contributed by atoms with Crippen molar-refractivity contribution >= 4 is 0 Å². The Hall–Kier alpha value is -3.16. The Labute approximate surface area is 190 Å². The van der Waals surface area contributed by atoms with Gasteiger partial charge in [-0.25, -0.2) is 0 Å². The maximum absolute atomic E-state index is 13.4. The van der Waals surface area contributed by atoms with E-state index in [2.05, 4.69) is 48.2 Å². The van der Waals surface area contributed by atoms with Crippen molar-refractivity contribution in [3.63, 3.8) is 0 Å². The van der Waals surface area contributed by atoms with Crippen LogP contribution in [0, 0.1) is 11.3 Å². The summed E-state index contributed by atoms with van der Waals surface area (Å²) in [4.78, 5) is 15.8. The van der Waals surface area contributed by atoms with Crippen LogP contribution in [0.4, 0.5) is 0 Å². The minimum absolute atomic E-state index is 0.143. The van der Waals surface area contributed by atoms with Gasteiger partial charge >= 0.3 is 0 Å². The summed E-state index contributed by atoms with van der Waals surface area (Å²) in [5.74, 6) is 0. The fourth-order valence-electron chi connectivity index (χ4n) is 4.52. The molecule has 2 aromatic carbocycles. The first-order valence-electron chi connectivity index (χ1n) is 11.7. The summed E-state index contributed by atoms with van der Waals surface area (Å²) in [5.41, 5.74) is 5.88. The number of unbranched alkanes of at least 4 members (excludes halogenated alkanes) is 1. The van der Waals surface area contributed by atoms with Crippen LogP contribution in [0.2, 0.25) is 0 Å². The molecule has 4 rings (SSSR count). The maximum Gasteiger partial charge on any atom is 0.255 e. The van der Waals surface area contributed by atoms with Crippen molar-refractivity contribution in [3.8, 4) is 17.2 Å². The number of nitriles is 1. The van der Waals surface area contributed by atoms with Gasteiger partial charge in [-0.2, -0.15) is 5.26 Å². The van der Waals surface area contributed by atoms with Crippen molar-refractivity contribution in [3.05, 3.63) is 93.4 Å². The quantitative estimate of drug-likeness (QED) is 0.487. The van der Waals surface area contributed by atoms with Crippen LogP contribution in [0.3, 0.4) is 0 Å². The number of rotatable bonds is 8. The number of benzene rings is 2. The second kappa shape index (κ2) is 10.4.